The molecule has 2 heterocycles. The Labute approximate surface area is 261 Å². The van der Waals surface area contributed by atoms with E-state index >= 15 is 0 Å². The Balaban J connectivity index is 1.27. The van der Waals surface area contributed by atoms with Gasteiger partial charge in [0, 0.05) is 41.6 Å². The molecule has 230 valence electrons. The average molecular weight is 654 g/mol. The number of carbonyl (C=O) groups is 2. The maximum Gasteiger partial charge on any atom is 0.234 e. The third-order valence-corrected chi connectivity index (χ3v) is 9.83. The number of rotatable bonds is 10. The Morgan fingerprint density at radius 2 is 1.79 bits per heavy atom. The quantitative estimate of drug-likeness (QED) is 0.223. The molecule has 2 amide bonds. The number of nitrogens with zero attached hydrogens (tertiary/aromatic N) is 2. The van der Waals surface area contributed by atoms with E-state index in [1.165, 1.54) is 10.5 Å². The van der Waals surface area contributed by atoms with Crippen molar-refractivity contribution >= 4 is 33.8 Å². The summed E-state index contributed by atoms with van der Waals surface area (Å²) in [5, 5.41) is 42.3. The number of imide groups is 1. The summed E-state index contributed by atoms with van der Waals surface area (Å²) in [5.74, 6) is -2.43. The number of aromatic hydroxyl groups is 1. The minimum atomic E-state index is -0.988. The third kappa shape index (κ3) is 6.81. The number of aliphatic hydroxyl groups is 3. The molecule has 9 heteroatoms. The average Bonchev–Trinajstić information content (AvgIpc) is 3.26. The van der Waals surface area contributed by atoms with Crippen molar-refractivity contribution in [3.05, 3.63) is 80.8 Å². The lowest BCUT2D eigenvalue weighted by molar-refractivity contribution is -0.144. The van der Waals surface area contributed by atoms with Gasteiger partial charge in [0.25, 0.3) is 0 Å². The van der Waals surface area contributed by atoms with Gasteiger partial charge in [-0.15, -0.1) is 0 Å². The number of hydrogen-bond donors (Lipinski definition) is 4. The zero-order chi connectivity index (χ0) is 30.7. The lowest BCUT2D eigenvalue weighted by Gasteiger charge is -2.36. The molecule has 0 unspecified atom stereocenters. The van der Waals surface area contributed by atoms with Gasteiger partial charge in [-0.3, -0.25) is 19.4 Å². The topological polar surface area (TPSA) is 122 Å². The number of allylic oxidation sites excluding steroid dienone is 1. The second-order valence-corrected chi connectivity index (χ2v) is 13.0. The number of benzene rings is 2. The number of phenols is 1. The molecule has 0 radical (unpaired) electrons. The van der Waals surface area contributed by atoms with Crippen LogP contribution in [-0.2, 0) is 16.1 Å². The zero-order valence-corrected chi connectivity index (χ0v) is 26.1. The first kappa shape index (κ1) is 31.6. The van der Waals surface area contributed by atoms with Gasteiger partial charge in [-0.2, -0.15) is 0 Å². The molecule has 4 N–H and O–H groups in total. The second kappa shape index (κ2) is 13.9. The molecule has 1 aliphatic carbocycles. The minimum absolute atomic E-state index is 0.155. The summed E-state index contributed by atoms with van der Waals surface area (Å²) in [7, 11) is 0. The van der Waals surface area contributed by atoms with E-state index in [4.69, 9.17) is 0 Å². The zero-order valence-electron chi connectivity index (χ0n) is 24.5. The fourth-order valence-corrected chi connectivity index (χ4v) is 7.54. The van der Waals surface area contributed by atoms with Gasteiger partial charge in [0.05, 0.1) is 31.2 Å². The summed E-state index contributed by atoms with van der Waals surface area (Å²) in [6.07, 6.45) is 3.29. The first-order chi connectivity index (χ1) is 20.7. The van der Waals surface area contributed by atoms with Crippen molar-refractivity contribution in [2.24, 2.45) is 17.8 Å². The van der Waals surface area contributed by atoms with Crippen molar-refractivity contribution in [2.45, 2.75) is 57.7 Å². The van der Waals surface area contributed by atoms with E-state index in [2.05, 4.69) is 33.0 Å². The van der Waals surface area contributed by atoms with Crippen LogP contribution in [0, 0.1) is 17.8 Å². The monoisotopic (exact) mass is 652 g/mol. The molecule has 2 fully saturated rings. The number of piperidine rings is 1. The molecule has 2 aliphatic heterocycles. The van der Waals surface area contributed by atoms with Crippen LogP contribution in [0.1, 0.15) is 50.2 Å². The Hall–Kier alpha value is -2.82. The van der Waals surface area contributed by atoms with Crippen molar-refractivity contribution in [3.63, 3.8) is 0 Å². The van der Waals surface area contributed by atoms with Crippen LogP contribution >= 0.6 is 15.9 Å². The standard InChI is InChI=1S/C34H41BrN2O6/c1-21(15-23-16-25(35)8-10-29(23)40)7-9-30(41)31-24(19-38)17-27-32(28(31)20-39)34(43)37(33(27)42)26-11-13-36(14-12-26)18-22-5-3-2-4-6-22/h2-6,8,10,15-16,26-28,30,32,38-41H,7,9,11-14,17-20H2,1H3/b21-15+/t27-,28+,30-,32-/m1/s1. The number of fused-ring (bicyclic) bond motifs is 1. The Bertz CT molecular complexity index is 1380. The van der Waals surface area contributed by atoms with Gasteiger partial charge in [-0.1, -0.05) is 57.9 Å². The molecule has 2 aromatic rings. The molecular formula is C34H41BrN2O6. The predicted molar refractivity (Wildman–Crippen MR) is 168 cm³/mol. The van der Waals surface area contributed by atoms with E-state index in [1.54, 1.807) is 12.1 Å². The van der Waals surface area contributed by atoms with Crippen LogP contribution in [0.25, 0.3) is 6.08 Å². The van der Waals surface area contributed by atoms with E-state index in [0.717, 1.165) is 29.7 Å². The highest BCUT2D eigenvalue weighted by molar-refractivity contribution is 9.10. The number of hydrogen-bond acceptors (Lipinski definition) is 7. The van der Waals surface area contributed by atoms with Gasteiger partial charge in [0.1, 0.15) is 5.75 Å². The van der Waals surface area contributed by atoms with Crippen LogP contribution in [0.2, 0.25) is 0 Å². The molecule has 0 spiro atoms. The summed E-state index contributed by atoms with van der Waals surface area (Å²) in [6, 6.07) is 15.2. The normalized spacial score (nSPS) is 24.5. The summed E-state index contributed by atoms with van der Waals surface area (Å²) in [5.41, 5.74) is 3.86. The molecule has 3 aliphatic rings. The van der Waals surface area contributed by atoms with E-state index < -0.39 is 23.9 Å². The minimum Gasteiger partial charge on any atom is -0.507 e. The Kier molecular flexibility index (Phi) is 10.2. The van der Waals surface area contributed by atoms with Crippen LogP contribution in [0.3, 0.4) is 0 Å². The van der Waals surface area contributed by atoms with Gasteiger partial charge in [0.15, 0.2) is 0 Å². The summed E-state index contributed by atoms with van der Waals surface area (Å²) in [4.78, 5) is 31.3. The fourth-order valence-electron chi connectivity index (χ4n) is 7.17. The summed E-state index contributed by atoms with van der Waals surface area (Å²) >= 11 is 3.41. The first-order valence-electron chi connectivity index (χ1n) is 15.1. The highest BCUT2D eigenvalue weighted by atomic mass is 79.9. The van der Waals surface area contributed by atoms with Crippen LogP contribution < -0.4 is 0 Å². The van der Waals surface area contributed by atoms with E-state index in [1.807, 2.05) is 37.3 Å². The van der Waals surface area contributed by atoms with Crippen LogP contribution in [0.4, 0.5) is 0 Å². The highest BCUT2D eigenvalue weighted by Crippen LogP contribution is 2.47. The van der Waals surface area contributed by atoms with Crippen molar-refractivity contribution in [3.8, 4) is 5.75 Å². The van der Waals surface area contributed by atoms with Crippen LogP contribution in [-0.4, -0.2) is 80.5 Å². The van der Waals surface area contributed by atoms with E-state index in [0.29, 0.717) is 42.4 Å². The molecule has 0 aromatic heterocycles. The van der Waals surface area contributed by atoms with Crippen LogP contribution in [0.15, 0.2) is 69.7 Å². The van der Waals surface area contributed by atoms with Crippen molar-refractivity contribution in [1.82, 2.24) is 9.80 Å². The lowest BCUT2D eigenvalue weighted by atomic mass is 9.68. The molecular weight excluding hydrogens is 612 g/mol. The number of aliphatic hydroxyl groups excluding tert-OH is 3. The van der Waals surface area contributed by atoms with Gasteiger partial charge < -0.3 is 20.4 Å². The maximum absolute atomic E-state index is 13.9. The number of amides is 2. The molecule has 8 nitrogen and oxygen atoms in total. The summed E-state index contributed by atoms with van der Waals surface area (Å²) in [6.45, 7) is 3.58. The Morgan fingerprint density at radius 1 is 1.07 bits per heavy atom. The predicted octanol–water partition coefficient (Wildman–Crippen LogP) is 4.27. The number of phenolic OH excluding ortho intramolecular Hbond substituents is 1. The maximum atomic E-state index is 13.9. The molecule has 43 heavy (non-hydrogen) atoms. The highest BCUT2D eigenvalue weighted by Gasteiger charge is 2.56. The molecule has 2 aromatic carbocycles. The molecule has 0 bridgehead atoms. The van der Waals surface area contributed by atoms with E-state index in [-0.39, 0.29) is 43.2 Å². The molecule has 4 atom stereocenters. The van der Waals surface area contributed by atoms with Gasteiger partial charge in [0.2, 0.25) is 11.8 Å². The van der Waals surface area contributed by atoms with Gasteiger partial charge in [-0.05, 0) is 73.9 Å². The Morgan fingerprint density at radius 3 is 2.47 bits per heavy atom. The largest absolute Gasteiger partial charge is 0.507 e. The van der Waals surface area contributed by atoms with Gasteiger partial charge in [-0.25, -0.2) is 0 Å². The third-order valence-electron chi connectivity index (χ3n) is 9.34. The molecule has 0 saturated carbocycles. The SMILES string of the molecule is C/C(=C\c1cc(Br)ccc1O)CC[C@@H](O)C1=C(CO)C[C@H]2C(=O)N(C3CCN(Cc4ccccc4)CC3)C(=O)[C@H]2[C@H]1CO. The van der Waals surface area contributed by atoms with Crippen molar-refractivity contribution in [1.29, 1.82) is 0 Å². The molecule has 2 saturated heterocycles. The molecule has 5 rings (SSSR count). The number of carbonyl (C=O) groups excluding carboxylic acids is 2. The summed E-state index contributed by atoms with van der Waals surface area (Å²) < 4.78 is 0.840. The smallest absolute Gasteiger partial charge is 0.234 e. The number of halogens is 1. The lowest BCUT2D eigenvalue weighted by Crippen LogP contribution is -2.47. The first-order valence-corrected chi connectivity index (χ1v) is 15.9. The van der Waals surface area contributed by atoms with E-state index in [9.17, 15) is 30.0 Å². The fraction of sp³-hybridized carbons (Fsp3) is 0.471. The number of likely N-dealkylation sites (tertiary alicyclic amines) is 2. The van der Waals surface area contributed by atoms with Crippen LogP contribution in [0.5, 0.6) is 5.75 Å². The van der Waals surface area contributed by atoms with Crippen molar-refractivity contribution < 1.29 is 30.0 Å². The second-order valence-electron chi connectivity index (χ2n) is 12.1. The van der Waals surface area contributed by atoms with Crippen molar-refractivity contribution in [2.75, 3.05) is 26.3 Å². The van der Waals surface area contributed by atoms with Gasteiger partial charge >= 0.3 is 0 Å².